The molecule has 0 saturated heterocycles. The molecule has 4 nitrogen and oxygen atoms in total. The van der Waals surface area contributed by atoms with Gasteiger partial charge in [-0.2, -0.15) is 0 Å². The van der Waals surface area contributed by atoms with Crippen molar-refractivity contribution in [2.45, 2.75) is 0 Å². The van der Waals surface area contributed by atoms with E-state index in [0.717, 1.165) is 3.57 Å². The van der Waals surface area contributed by atoms with Gasteiger partial charge in [0.05, 0.1) is 11.6 Å². The van der Waals surface area contributed by atoms with Gasteiger partial charge in [0.15, 0.2) is 0 Å². The van der Waals surface area contributed by atoms with Crippen molar-refractivity contribution < 1.29 is 9.59 Å². The zero-order chi connectivity index (χ0) is 13.9. The van der Waals surface area contributed by atoms with E-state index in [1.807, 2.05) is 0 Å². The van der Waals surface area contributed by atoms with Crippen molar-refractivity contribution in [2.24, 2.45) is 0 Å². The highest BCUT2D eigenvalue weighted by Crippen LogP contribution is 2.20. The molecule has 2 amide bonds. The summed E-state index contributed by atoms with van der Waals surface area (Å²) in [5.41, 5.74) is 0.481. The molecule has 0 fully saturated rings. The molecule has 0 saturated carbocycles. The van der Waals surface area contributed by atoms with Crippen molar-refractivity contribution in [2.75, 3.05) is 27.7 Å². The number of carbonyl (C=O) groups excluding carboxylic acids is 2. The Morgan fingerprint density at radius 2 is 1.89 bits per heavy atom. The van der Waals surface area contributed by atoms with Gasteiger partial charge in [-0.25, -0.2) is 0 Å². The minimum atomic E-state index is -0.219. The number of carbonyl (C=O) groups is 2. The quantitative estimate of drug-likeness (QED) is 0.754. The van der Waals surface area contributed by atoms with Gasteiger partial charge < -0.3 is 9.80 Å². The van der Waals surface area contributed by atoms with Gasteiger partial charge in [-0.15, -0.1) is 0 Å². The monoisotopic (exact) mass is 380 g/mol. The van der Waals surface area contributed by atoms with Gasteiger partial charge in [-0.3, -0.25) is 9.59 Å². The summed E-state index contributed by atoms with van der Waals surface area (Å²) in [4.78, 5) is 26.4. The van der Waals surface area contributed by atoms with Gasteiger partial charge >= 0.3 is 0 Å². The Morgan fingerprint density at radius 3 is 2.39 bits per heavy atom. The van der Waals surface area contributed by atoms with Gasteiger partial charge in [-0.05, 0) is 40.8 Å². The standard InChI is InChI=1S/C12H14ClIN2O2/c1-15(2)11(17)7-16(3)12(18)8-4-5-10(14)9(13)6-8/h4-6H,7H2,1-3H3. The normalized spacial score (nSPS) is 10.1. The SMILES string of the molecule is CN(C)C(=O)CN(C)C(=O)c1ccc(I)c(Cl)c1. The summed E-state index contributed by atoms with van der Waals surface area (Å²) >= 11 is 8.06. The predicted molar refractivity (Wildman–Crippen MR) is 79.8 cm³/mol. The lowest BCUT2D eigenvalue weighted by Crippen LogP contribution is -2.37. The summed E-state index contributed by atoms with van der Waals surface area (Å²) in [6.07, 6.45) is 0. The first-order valence-electron chi connectivity index (χ1n) is 5.23. The van der Waals surface area contributed by atoms with Crippen LogP contribution in [0.1, 0.15) is 10.4 Å². The average molecular weight is 381 g/mol. The van der Waals surface area contributed by atoms with Crippen molar-refractivity contribution in [3.05, 3.63) is 32.4 Å². The molecule has 0 aliphatic carbocycles. The summed E-state index contributed by atoms with van der Waals surface area (Å²) in [5, 5.41) is 0.536. The number of likely N-dealkylation sites (N-methyl/N-ethyl adjacent to an activating group) is 2. The Kier molecular flexibility index (Phi) is 5.40. The van der Waals surface area contributed by atoms with Crippen LogP contribution in [0.4, 0.5) is 0 Å². The molecule has 0 unspecified atom stereocenters. The highest BCUT2D eigenvalue weighted by molar-refractivity contribution is 14.1. The summed E-state index contributed by atoms with van der Waals surface area (Å²) in [5.74, 6) is -0.342. The molecule has 98 valence electrons. The minimum absolute atomic E-state index is 0.0510. The number of hydrogen-bond acceptors (Lipinski definition) is 2. The molecule has 1 aromatic rings. The van der Waals surface area contributed by atoms with Crippen molar-refractivity contribution in [1.82, 2.24) is 9.80 Å². The van der Waals surface area contributed by atoms with Gasteiger partial charge in [0, 0.05) is 30.3 Å². The molecule has 1 rings (SSSR count). The molecule has 0 heterocycles. The Morgan fingerprint density at radius 1 is 1.28 bits per heavy atom. The molecule has 0 aliphatic rings. The Balaban J connectivity index is 2.80. The van der Waals surface area contributed by atoms with Gasteiger partial charge in [0.25, 0.3) is 5.91 Å². The van der Waals surface area contributed by atoms with Gasteiger partial charge in [-0.1, -0.05) is 11.6 Å². The van der Waals surface area contributed by atoms with Crippen LogP contribution in [0.3, 0.4) is 0 Å². The number of benzene rings is 1. The lowest BCUT2D eigenvalue weighted by Gasteiger charge is -2.19. The minimum Gasteiger partial charge on any atom is -0.347 e. The Hall–Kier alpha value is -0.820. The maximum absolute atomic E-state index is 12.1. The summed E-state index contributed by atoms with van der Waals surface area (Å²) in [6, 6.07) is 5.09. The van der Waals surface area contributed by atoms with E-state index in [0.29, 0.717) is 10.6 Å². The van der Waals surface area contributed by atoms with E-state index in [2.05, 4.69) is 22.6 Å². The van der Waals surface area contributed by atoms with Crippen molar-refractivity contribution in [1.29, 1.82) is 0 Å². The molecule has 0 bridgehead atoms. The highest BCUT2D eigenvalue weighted by atomic mass is 127. The van der Waals surface area contributed by atoms with Crippen LogP contribution in [0.2, 0.25) is 5.02 Å². The van der Waals surface area contributed by atoms with E-state index in [4.69, 9.17) is 11.6 Å². The maximum atomic E-state index is 12.1. The first kappa shape index (κ1) is 15.2. The second-order valence-corrected chi connectivity index (χ2v) is 5.65. The molecule has 6 heteroatoms. The predicted octanol–water partition coefficient (Wildman–Crippen LogP) is 2.10. The molecule has 0 aliphatic heterocycles. The Bertz CT molecular complexity index is 477. The number of hydrogen-bond donors (Lipinski definition) is 0. The first-order valence-corrected chi connectivity index (χ1v) is 6.69. The molecule has 0 radical (unpaired) electrons. The van der Waals surface area contributed by atoms with Crippen LogP contribution in [0.5, 0.6) is 0 Å². The zero-order valence-corrected chi connectivity index (χ0v) is 13.3. The molecular weight excluding hydrogens is 367 g/mol. The number of rotatable bonds is 3. The van der Waals surface area contributed by atoms with Crippen LogP contribution in [-0.2, 0) is 4.79 Å². The lowest BCUT2D eigenvalue weighted by atomic mass is 10.2. The van der Waals surface area contributed by atoms with Crippen LogP contribution in [0, 0.1) is 3.57 Å². The molecule has 0 spiro atoms. The third kappa shape index (κ3) is 3.84. The summed E-state index contributed by atoms with van der Waals surface area (Å²) in [6.45, 7) is 0.0510. The fourth-order valence-corrected chi connectivity index (χ4v) is 1.78. The number of amides is 2. The van der Waals surface area contributed by atoms with Gasteiger partial charge in [0.1, 0.15) is 0 Å². The van der Waals surface area contributed by atoms with E-state index in [1.165, 1.54) is 9.80 Å². The van der Waals surface area contributed by atoms with Crippen LogP contribution < -0.4 is 0 Å². The Labute approximate surface area is 125 Å². The van der Waals surface area contributed by atoms with Crippen molar-refractivity contribution in [3.63, 3.8) is 0 Å². The highest BCUT2D eigenvalue weighted by Gasteiger charge is 2.16. The molecule has 0 atom stereocenters. The summed E-state index contributed by atoms with van der Waals surface area (Å²) < 4.78 is 0.887. The van der Waals surface area contributed by atoms with E-state index < -0.39 is 0 Å². The fourth-order valence-electron chi connectivity index (χ4n) is 1.27. The lowest BCUT2D eigenvalue weighted by molar-refractivity contribution is -0.129. The van der Waals surface area contributed by atoms with E-state index in [9.17, 15) is 9.59 Å². The fraction of sp³-hybridized carbons (Fsp3) is 0.333. The second-order valence-electron chi connectivity index (χ2n) is 4.08. The van der Waals surface area contributed by atoms with E-state index in [1.54, 1.807) is 39.3 Å². The molecule has 0 N–H and O–H groups in total. The largest absolute Gasteiger partial charge is 0.347 e. The van der Waals surface area contributed by atoms with E-state index >= 15 is 0 Å². The maximum Gasteiger partial charge on any atom is 0.254 e. The van der Waals surface area contributed by atoms with E-state index in [-0.39, 0.29) is 18.4 Å². The number of halogens is 2. The third-order valence-electron chi connectivity index (χ3n) is 2.38. The van der Waals surface area contributed by atoms with Crippen LogP contribution >= 0.6 is 34.2 Å². The molecule has 0 aromatic heterocycles. The molecule has 1 aromatic carbocycles. The van der Waals surface area contributed by atoms with Crippen molar-refractivity contribution in [3.8, 4) is 0 Å². The molecular formula is C12H14ClIN2O2. The van der Waals surface area contributed by atoms with Gasteiger partial charge in [0.2, 0.25) is 5.91 Å². The van der Waals surface area contributed by atoms with Crippen LogP contribution in [0.25, 0.3) is 0 Å². The zero-order valence-electron chi connectivity index (χ0n) is 10.4. The average Bonchev–Trinajstić information content (AvgIpc) is 2.31. The molecule has 18 heavy (non-hydrogen) atoms. The van der Waals surface area contributed by atoms with Crippen LogP contribution in [-0.4, -0.2) is 49.3 Å². The first-order chi connectivity index (χ1) is 8.32. The topological polar surface area (TPSA) is 40.6 Å². The number of nitrogens with zero attached hydrogens (tertiary/aromatic N) is 2. The summed E-state index contributed by atoms with van der Waals surface area (Å²) in [7, 11) is 4.90. The third-order valence-corrected chi connectivity index (χ3v) is 3.96. The second kappa shape index (κ2) is 6.38. The van der Waals surface area contributed by atoms with Crippen molar-refractivity contribution >= 4 is 46.0 Å². The smallest absolute Gasteiger partial charge is 0.254 e. The van der Waals surface area contributed by atoms with Crippen LogP contribution in [0.15, 0.2) is 18.2 Å².